The van der Waals surface area contributed by atoms with Gasteiger partial charge in [-0.1, -0.05) is 44.2 Å². The molecule has 1 aromatic carbocycles. The second-order valence-electron chi connectivity index (χ2n) is 6.36. The van der Waals surface area contributed by atoms with E-state index in [0.29, 0.717) is 17.9 Å². The Kier molecular flexibility index (Phi) is 4.56. The molecule has 116 valence electrons. The zero-order valence-corrected chi connectivity index (χ0v) is 13.3. The van der Waals surface area contributed by atoms with E-state index in [2.05, 4.69) is 46.6 Å². The van der Waals surface area contributed by atoms with Crippen molar-refractivity contribution in [2.24, 2.45) is 5.92 Å². The van der Waals surface area contributed by atoms with Crippen molar-refractivity contribution in [3.8, 4) is 11.3 Å². The third kappa shape index (κ3) is 4.20. The molecule has 1 saturated carbocycles. The molecular formula is C18H24N4. The molecule has 4 nitrogen and oxygen atoms in total. The molecule has 1 aliphatic carbocycles. The summed E-state index contributed by atoms with van der Waals surface area (Å²) in [6, 6.07) is 12.9. The predicted octanol–water partition coefficient (Wildman–Crippen LogP) is 4.18. The average molecular weight is 296 g/mol. The maximum absolute atomic E-state index is 4.67. The second-order valence-corrected chi connectivity index (χ2v) is 6.36. The summed E-state index contributed by atoms with van der Waals surface area (Å²) < 4.78 is 0. The summed E-state index contributed by atoms with van der Waals surface area (Å²) in [6.45, 7) is 5.35. The van der Waals surface area contributed by atoms with Gasteiger partial charge >= 0.3 is 0 Å². The fourth-order valence-corrected chi connectivity index (χ4v) is 2.27. The molecule has 0 radical (unpaired) electrons. The average Bonchev–Trinajstić information content (AvgIpc) is 3.31. The third-order valence-corrected chi connectivity index (χ3v) is 3.73. The molecule has 0 atom stereocenters. The highest BCUT2D eigenvalue weighted by Crippen LogP contribution is 2.27. The van der Waals surface area contributed by atoms with Gasteiger partial charge in [0.05, 0.1) is 5.69 Å². The number of aromatic nitrogens is 2. The summed E-state index contributed by atoms with van der Waals surface area (Å²) >= 11 is 0. The number of rotatable bonds is 7. The molecule has 1 fully saturated rings. The Hall–Kier alpha value is -2.10. The standard InChI is InChI=1S/C18H24N4/c1-13(2)10-11-19-18-21-16(14-6-4-3-5-7-14)12-17(22-18)20-15-8-9-15/h3-7,12-13,15H,8-11H2,1-2H3,(H2,19,20,21,22). The molecule has 22 heavy (non-hydrogen) atoms. The Labute approximate surface area is 132 Å². The summed E-state index contributed by atoms with van der Waals surface area (Å²) in [4.78, 5) is 9.27. The molecule has 1 aromatic heterocycles. The molecule has 0 amide bonds. The van der Waals surface area contributed by atoms with E-state index >= 15 is 0 Å². The number of nitrogens with one attached hydrogen (secondary N) is 2. The highest BCUT2D eigenvalue weighted by molar-refractivity contribution is 5.64. The maximum atomic E-state index is 4.67. The first-order valence-electron chi connectivity index (χ1n) is 8.15. The van der Waals surface area contributed by atoms with Crippen LogP contribution in [0.3, 0.4) is 0 Å². The van der Waals surface area contributed by atoms with E-state index in [0.717, 1.165) is 30.0 Å². The lowest BCUT2D eigenvalue weighted by Crippen LogP contribution is -2.11. The molecule has 0 unspecified atom stereocenters. The first-order chi connectivity index (χ1) is 10.7. The lowest BCUT2D eigenvalue weighted by Gasteiger charge is -2.11. The summed E-state index contributed by atoms with van der Waals surface area (Å²) in [6.07, 6.45) is 3.59. The van der Waals surface area contributed by atoms with Gasteiger partial charge in [0, 0.05) is 24.2 Å². The molecular weight excluding hydrogens is 272 g/mol. The summed E-state index contributed by atoms with van der Waals surface area (Å²) in [5.41, 5.74) is 2.08. The molecule has 1 heterocycles. The van der Waals surface area contributed by atoms with Crippen LogP contribution in [-0.2, 0) is 0 Å². The van der Waals surface area contributed by atoms with Crippen molar-refractivity contribution in [2.45, 2.75) is 39.2 Å². The normalized spacial score (nSPS) is 14.1. The number of nitrogens with zero attached hydrogens (tertiary/aromatic N) is 2. The van der Waals surface area contributed by atoms with E-state index in [4.69, 9.17) is 0 Å². The monoisotopic (exact) mass is 296 g/mol. The minimum Gasteiger partial charge on any atom is -0.367 e. The van der Waals surface area contributed by atoms with E-state index in [1.807, 2.05) is 24.3 Å². The summed E-state index contributed by atoms with van der Waals surface area (Å²) in [5, 5.41) is 6.83. The van der Waals surface area contributed by atoms with Crippen molar-refractivity contribution in [2.75, 3.05) is 17.2 Å². The Morgan fingerprint density at radius 1 is 1.14 bits per heavy atom. The Bertz CT molecular complexity index is 606. The fraction of sp³-hybridized carbons (Fsp3) is 0.444. The summed E-state index contributed by atoms with van der Waals surface area (Å²) in [7, 11) is 0. The quantitative estimate of drug-likeness (QED) is 0.805. The molecule has 0 bridgehead atoms. The fourth-order valence-electron chi connectivity index (χ4n) is 2.27. The highest BCUT2D eigenvalue weighted by Gasteiger charge is 2.22. The third-order valence-electron chi connectivity index (χ3n) is 3.73. The van der Waals surface area contributed by atoms with Crippen LogP contribution in [0.2, 0.25) is 0 Å². The van der Waals surface area contributed by atoms with E-state index < -0.39 is 0 Å². The van der Waals surface area contributed by atoms with Crippen LogP contribution in [-0.4, -0.2) is 22.6 Å². The molecule has 0 spiro atoms. The molecule has 3 rings (SSSR count). The largest absolute Gasteiger partial charge is 0.367 e. The zero-order valence-electron chi connectivity index (χ0n) is 13.3. The number of anilines is 2. The first-order valence-corrected chi connectivity index (χ1v) is 8.15. The van der Waals surface area contributed by atoms with Gasteiger partial charge in [0.25, 0.3) is 0 Å². The first kappa shape index (κ1) is 14.8. The van der Waals surface area contributed by atoms with Crippen LogP contribution < -0.4 is 10.6 Å². The minimum absolute atomic E-state index is 0.585. The van der Waals surface area contributed by atoms with Gasteiger partial charge in [-0.3, -0.25) is 0 Å². The lowest BCUT2D eigenvalue weighted by atomic mass is 10.1. The van der Waals surface area contributed by atoms with Gasteiger partial charge < -0.3 is 10.6 Å². The lowest BCUT2D eigenvalue weighted by molar-refractivity contribution is 0.606. The summed E-state index contributed by atoms with van der Waals surface area (Å²) in [5.74, 6) is 2.31. The molecule has 1 aliphatic rings. The highest BCUT2D eigenvalue weighted by atomic mass is 15.2. The van der Waals surface area contributed by atoms with Crippen molar-refractivity contribution < 1.29 is 0 Å². The van der Waals surface area contributed by atoms with Crippen molar-refractivity contribution >= 4 is 11.8 Å². The van der Waals surface area contributed by atoms with Crippen LogP contribution in [0.5, 0.6) is 0 Å². The van der Waals surface area contributed by atoms with Gasteiger partial charge in [0.2, 0.25) is 5.95 Å². The second kappa shape index (κ2) is 6.77. The molecule has 0 aliphatic heterocycles. The Balaban J connectivity index is 1.81. The topological polar surface area (TPSA) is 49.8 Å². The number of benzene rings is 1. The predicted molar refractivity (Wildman–Crippen MR) is 92.1 cm³/mol. The molecule has 2 aromatic rings. The van der Waals surface area contributed by atoms with Crippen molar-refractivity contribution in [1.82, 2.24) is 9.97 Å². The maximum Gasteiger partial charge on any atom is 0.225 e. The van der Waals surface area contributed by atoms with Crippen LogP contribution in [0, 0.1) is 5.92 Å². The van der Waals surface area contributed by atoms with Crippen molar-refractivity contribution in [3.63, 3.8) is 0 Å². The van der Waals surface area contributed by atoms with E-state index in [9.17, 15) is 0 Å². The molecule has 4 heteroatoms. The van der Waals surface area contributed by atoms with Gasteiger partial charge in [-0.15, -0.1) is 0 Å². The Morgan fingerprint density at radius 3 is 2.59 bits per heavy atom. The van der Waals surface area contributed by atoms with Gasteiger partial charge in [0.1, 0.15) is 5.82 Å². The van der Waals surface area contributed by atoms with Crippen molar-refractivity contribution in [3.05, 3.63) is 36.4 Å². The van der Waals surface area contributed by atoms with E-state index in [1.165, 1.54) is 12.8 Å². The van der Waals surface area contributed by atoms with Crippen LogP contribution in [0.25, 0.3) is 11.3 Å². The smallest absolute Gasteiger partial charge is 0.225 e. The SMILES string of the molecule is CC(C)CCNc1nc(NC2CC2)cc(-c2ccccc2)n1. The van der Waals surface area contributed by atoms with Crippen molar-refractivity contribution in [1.29, 1.82) is 0 Å². The van der Waals surface area contributed by atoms with Crippen LogP contribution in [0.4, 0.5) is 11.8 Å². The minimum atomic E-state index is 0.585. The van der Waals surface area contributed by atoms with Crippen LogP contribution >= 0.6 is 0 Å². The van der Waals surface area contributed by atoms with Gasteiger partial charge in [-0.05, 0) is 25.2 Å². The van der Waals surface area contributed by atoms with Gasteiger partial charge in [0.15, 0.2) is 0 Å². The van der Waals surface area contributed by atoms with E-state index in [1.54, 1.807) is 0 Å². The zero-order chi connectivity index (χ0) is 15.4. The molecule has 2 N–H and O–H groups in total. The van der Waals surface area contributed by atoms with Crippen LogP contribution in [0.15, 0.2) is 36.4 Å². The molecule has 0 saturated heterocycles. The van der Waals surface area contributed by atoms with Gasteiger partial charge in [-0.25, -0.2) is 4.98 Å². The Morgan fingerprint density at radius 2 is 1.91 bits per heavy atom. The van der Waals surface area contributed by atoms with E-state index in [-0.39, 0.29) is 0 Å². The number of hydrogen-bond acceptors (Lipinski definition) is 4. The van der Waals surface area contributed by atoms with Gasteiger partial charge in [-0.2, -0.15) is 4.98 Å². The number of hydrogen-bond donors (Lipinski definition) is 2. The van der Waals surface area contributed by atoms with Crippen LogP contribution in [0.1, 0.15) is 33.1 Å².